The summed E-state index contributed by atoms with van der Waals surface area (Å²) < 4.78 is 82.6. The number of carboxylic acid groups (broad SMARTS) is 2. The number of aromatic nitrogens is 1. The molecule has 1 amide bonds. The van der Waals surface area contributed by atoms with Gasteiger partial charge in [-0.3, -0.25) is 14.9 Å². The summed E-state index contributed by atoms with van der Waals surface area (Å²) >= 11 is 0. The van der Waals surface area contributed by atoms with E-state index in [2.05, 4.69) is 10.3 Å². The van der Waals surface area contributed by atoms with Gasteiger partial charge in [-0.15, -0.1) is 0 Å². The summed E-state index contributed by atoms with van der Waals surface area (Å²) in [5.74, 6) is -5.86. The molecular weight excluding hydrogens is 605 g/mol. The van der Waals surface area contributed by atoms with Gasteiger partial charge in [0.25, 0.3) is 5.69 Å². The number of carbonyl (C=O) groups is 3. The molecule has 1 heterocycles. The lowest BCUT2D eigenvalue weighted by Gasteiger charge is -2.13. The first kappa shape index (κ1) is 35.7. The van der Waals surface area contributed by atoms with Crippen LogP contribution in [0.5, 0.6) is 11.6 Å². The number of carboxylic acids is 2. The van der Waals surface area contributed by atoms with Gasteiger partial charge in [0.05, 0.1) is 16.7 Å². The Morgan fingerprint density at radius 3 is 1.86 bits per heavy atom. The van der Waals surface area contributed by atoms with Crippen LogP contribution in [0, 0.1) is 15.9 Å². The zero-order valence-corrected chi connectivity index (χ0v) is 21.1. The number of hydrogen-bond donors (Lipinski definition) is 4. The smallest absolute Gasteiger partial charge is 0.475 e. The SMILES string of the molecule is N[C@@H](Cc1ccc(Oc2ccc([N+](=O)[O-])cn2)cc1)C(=O)Nc1ccccc1F.O=C(O)C(F)(F)F.O=C(O)C(F)(F)F. The van der Waals surface area contributed by atoms with Gasteiger partial charge in [-0.2, -0.15) is 26.3 Å². The third-order valence-corrected chi connectivity index (χ3v) is 4.49. The van der Waals surface area contributed by atoms with E-state index in [1.165, 1.54) is 30.3 Å². The Labute approximate surface area is 235 Å². The summed E-state index contributed by atoms with van der Waals surface area (Å²) in [7, 11) is 0. The number of nitrogens with two attached hydrogens (primary N) is 1. The molecule has 12 nitrogen and oxygen atoms in total. The number of hydrogen-bond acceptors (Lipinski definition) is 8. The molecule has 2 aromatic carbocycles. The van der Waals surface area contributed by atoms with Crippen LogP contribution in [0.1, 0.15) is 5.56 Å². The van der Waals surface area contributed by atoms with Gasteiger partial charge in [-0.05, 0) is 36.2 Å². The number of para-hydroxylation sites is 1. The quantitative estimate of drug-likeness (QED) is 0.163. The molecule has 0 aliphatic rings. The van der Waals surface area contributed by atoms with Crippen LogP contribution in [0.15, 0.2) is 66.9 Å². The lowest BCUT2D eigenvalue weighted by Crippen LogP contribution is -2.37. The van der Waals surface area contributed by atoms with Crippen molar-refractivity contribution >= 4 is 29.2 Å². The summed E-state index contributed by atoms with van der Waals surface area (Å²) in [6.45, 7) is 0. The number of carbonyl (C=O) groups excluding carboxylic acids is 1. The fourth-order valence-corrected chi connectivity index (χ4v) is 2.49. The number of amides is 1. The summed E-state index contributed by atoms with van der Waals surface area (Å²) in [6.07, 6.45) is -8.81. The number of pyridine rings is 1. The van der Waals surface area contributed by atoms with Gasteiger partial charge in [0, 0.05) is 12.1 Å². The van der Waals surface area contributed by atoms with Crippen molar-refractivity contribution in [3.05, 3.63) is 88.4 Å². The number of nitrogens with zero attached hydrogens (tertiary/aromatic N) is 2. The Kier molecular flexibility index (Phi) is 13.0. The number of nitro groups is 1. The maximum atomic E-state index is 13.6. The minimum atomic E-state index is -5.08. The molecule has 232 valence electrons. The van der Waals surface area contributed by atoms with Gasteiger partial charge in [0.1, 0.15) is 17.8 Å². The molecule has 0 saturated carbocycles. The first-order valence-corrected chi connectivity index (χ1v) is 11.1. The van der Waals surface area contributed by atoms with Gasteiger partial charge in [-0.25, -0.2) is 19.0 Å². The van der Waals surface area contributed by atoms with Crippen molar-refractivity contribution < 1.29 is 65.0 Å². The van der Waals surface area contributed by atoms with Gasteiger partial charge in [0.15, 0.2) is 0 Å². The Morgan fingerprint density at radius 2 is 1.44 bits per heavy atom. The Balaban J connectivity index is 0.000000548. The largest absolute Gasteiger partial charge is 0.490 e. The second kappa shape index (κ2) is 15.6. The molecule has 0 saturated heterocycles. The maximum absolute atomic E-state index is 13.6. The molecular formula is C24H19F7N4O8. The highest BCUT2D eigenvalue weighted by molar-refractivity contribution is 5.94. The van der Waals surface area contributed by atoms with Crippen molar-refractivity contribution in [3.8, 4) is 11.6 Å². The summed E-state index contributed by atoms with van der Waals surface area (Å²) in [4.78, 5) is 43.9. The van der Waals surface area contributed by atoms with E-state index in [1.807, 2.05) is 0 Å². The highest BCUT2D eigenvalue weighted by atomic mass is 19.4. The standard InChI is InChI=1S/C20H17FN4O4.2C2HF3O2/c21-16-3-1-2-4-18(16)24-20(26)17(22)11-13-5-8-15(9-6-13)29-19-10-7-14(12-23-19)25(27)28;2*3-2(4,5)1(6)7/h1-10,12,17H,11,22H2,(H,24,26);2*(H,6,7)/t17-;;/m0../s1. The zero-order chi connectivity index (χ0) is 33.0. The summed E-state index contributed by atoms with van der Waals surface area (Å²) in [6, 6.07) is 14.5. The van der Waals surface area contributed by atoms with Crippen molar-refractivity contribution in [2.75, 3.05) is 5.32 Å². The van der Waals surface area contributed by atoms with Crippen molar-refractivity contribution in [1.29, 1.82) is 0 Å². The second-order valence-corrected chi connectivity index (χ2v) is 7.74. The second-order valence-electron chi connectivity index (χ2n) is 7.74. The Bertz CT molecular complexity index is 1380. The lowest BCUT2D eigenvalue weighted by molar-refractivity contribution is -0.385. The topological polar surface area (TPSA) is 195 Å². The number of ether oxygens (including phenoxy) is 1. The first-order valence-electron chi connectivity index (χ1n) is 11.1. The lowest BCUT2D eigenvalue weighted by atomic mass is 10.1. The van der Waals surface area contributed by atoms with Crippen molar-refractivity contribution in [3.63, 3.8) is 0 Å². The van der Waals surface area contributed by atoms with Gasteiger partial charge < -0.3 is 26.0 Å². The van der Waals surface area contributed by atoms with E-state index in [-0.39, 0.29) is 23.7 Å². The predicted octanol–water partition coefficient (Wildman–Crippen LogP) is 4.70. The van der Waals surface area contributed by atoms with E-state index in [9.17, 15) is 45.6 Å². The first-order chi connectivity index (χ1) is 19.8. The number of benzene rings is 2. The van der Waals surface area contributed by atoms with Gasteiger partial charge >= 0.3 is 24.3 Å². The van der Waals surface area contributed by atoms with Crippen LogP contribution in [0.2, 0.25) is 0 Å². The summed E-state index contributed by atoms with van der Waals surface area (Å²) in [5.41, 5.74) is 6.65. The molecule has 0 radical (unpaired) electrons. The average Bonchev–Trinajstić information content (AvgIpc) is 2.91. The fraction of sp³-hybridized carbons (Fsp3) is 0.167. The van der Waals surface area contributed by atoms with Crippen LogP contribution >= 0.6 is 0 Å². The van der Waals surface area contributed by atoms with E-state index >= 15 is 0 Å². The summed E-state index contributed by atoms with van der Waals surface area (Å²) in [5, 5.41) is 27.3. The molecule has 3 rings (SSSR count). The number of aliphatic carboxylic acids is 2. The van der Waals surface area contributed by atoms with E-state index in [0.717, 1.165) is 11.8 Å². The van der Waals surface area contributed by atoms with E-state index in [4.69, 9.17) is 30.3 Å². The third-order valence-electron chi connectivity index (χ3n) is 4.49. The molecule has 0 aliphatic heterocycles. The number of anilines is 1. The van der Waals surface area contributed by atoms with Crippen molar-refractivity contribution in [1.82, 2.24) is 4.98 Å². The van der Waals surface area contributed by atoms with E-state index < -0.39 is 47.0 Å². The fourth-order valence-electron chi connectivity index (χ4n) is 2.49. The Hall–Kier alpha value is -5.33. The monoisotopic (exact) mass is 624 g/mol. The molecule has 43 heavy (non-hydrogen) atoms. The van der Waals surface area contributed by atoms with Gasteiger partial charge in [-0.1, -0.05) is 24.3 Å². The Morgan fingerprint density at radius 1 is 0.930 bits per heavy atom. The number of halogens is 7. The minimum absolute atomic E-state index is 0.0762. The molecule has 0 bridgehead atoms. The average molecular weight is 624 g/mol. The van der Waals surface area contributed by atoms with E-state index in [1.54, 1.807) is 30.3 Å². The molecule has 0 aliphatic carbocycles. The molecule has 1 aromatic heterocycles. The van der Waals surface area contributed by atoms with E-state index in [0.29, 0.717) is 5.75 Å². The van der Waals surface area contributed by atoms with Crippen LogP contribution in [0.25, 0.3) is 0 Å². The van der Waals surface area contributed by atoms with Crippen LogP contribution < -0.4 is 15.8 Å². The molecule has 19 heteroatoms. The maximum Gasteiger partial charge on any atom is 0.490 e. The van der Waals surface area contributed by atoms with Gasteiger partial charge in [0.2, 0.25) is 11.8 Å². The van der Waals surface area contributed by atoms with Crippen LogP contribution in [-0.2, 0) is 20.8 Å². The molecule has 3 aromatic rings. The molecule has 1 atom stereocenters. The normalized spacial score (nSPS) is 11.4. The third kappa shape index (κ3) is 13.3. The van der Waals surface area contributed by atoms with Crippen molar-refractivity contribution in [2.24, 2.45) is 5.73 Å². The molecule has 0 spiro atoms. The van der Waals surface area contributed by atoms with Crippen LogP contribution in [0.4, 0.5) is 42.1 Å². The highest BCUT2D eigenvalue weighted by Crippen LogP contribution is 2.22. The highest BCUT2D eigenvalue weighted by Gasteiger charge is 2.38. The minimum Gasteiger partial charge on any atom is -0.475 e. The molecule has 0 unspecified atom stereocenters. The number of rotatable bonds is 7. The van der Waals surface area contributed by atoms with Crippen molar-refractivity contribution in [2.45, 2.75) is 24.8 Å². The zero-order valence-electron chi connectivity index (χ0n) is 21.1. The number of alkyl halides is 6. The van der Waals surface area contributed by atoms with Crippen LogP contribution in [0.3, 0.4) is 0 Å². The molecule has 5 N–H and O–H groups in total. The van der Waals surface area contributed by atoms with Crippen LogP contribution in [-0.4, -0.2) is 56.4 Å². The predicted molar refractivity (Wildman–Crippen MR) is 131 cm³/mol. The number of nitrogens with one attached hydrogen (secondary N) is 1. The molecule has 0 fully saturated rings.